The van der Waals surface area contributed by atoms with Gasteiger partial charge in [0.25, 0.3) is 0 Å². The summed E-state index contributed by atoms with van der Waals surface area (Å²) in [4.78, 5) is 29.8. The van der Waals surface area contributed by atoms with Crippen LogP contribution in [0.2, 0.25) is 0 Å². The summed E-state index contributed by atoms with van der Waals surface area (Å²) in [5, 5.41) is 0. The molecule has 0 aliphatic carbocycles. The van der Waals surface area contributed by atoms with Crippen LogP contribution in [0.25, 0.3) is 0 Å². The molecule has 0 heterocycles. The summed E-state index contributed by atoms with van der Waals surface area (Å²) in [5.41, 5.74) is 0. The number of carbonyl (C=O) groups is 2. The summed E-state index contributed by atoms with van der Waals surface area (Å²) < 4.78 is 11.7. The molecule has 0 radical (unpaired) electrons. The molecule has 0 saturated heterocycles. The molecule has 6 nitrogen and oxygen atoms in total. The Morgan fingerprint density at radius 1 is 0.400 bits per heavy atom. The lowest BCUT2D eigenvalue weighted by Crippen LogP contribution is -2.33. The summed E-state index contributed by atoms with van der Waals surface area (Å²) >= 11 is 0. The Balaban J connectivity index is 3.99. The van der Waals surface area contributed by atoms with E-state index < -0.39 is 0 Å². The normalized spacial score (nSPS) is 12.9. The van der Waals surface area contributed by atoms with Crippen molar-refractivity contribution in [2.45, 2.75) is 233 Å². The van der Waals surface area contributed by atoms with Gasteiger partial charge in [-0.25, -0.2) is 0 Å². The molecule has 0 N–H and O–H groups in total. The fourth-order valence-electron chi connectivity index (χ4n) is 6.78. The number of rotatable bonds is 39. The van der Waals surface area contributed by atoms with E-state index in [2.05, 4.69) is 51.6 Å². The van der Waals surface area contributed by atoms with Crippen molar-refractivity contribution < 1.29 is 19.1 Å². The van der Waals surface area contributed by atoms with E-state index in [0.717, 1.165) is 77.3 Å². The zero-order valence-corrected chi connectivity index (χ0v) is 34.7. The Morgan fingerprint density at radius 3 is 1.10 bits per heavy atom. The van der Waals surface area contributed by atoms with Crippen molar-refractivity contribution in [2.75, 3.05) is 40.3 Å². The number of likely N-dealkylation sites (N-methyl/N-ethyl adjacent to an activating group) is 1. The third-order valence-corrected chi connectivity index (χ3v) is 10.2. The quantitative estimate of drug-likeness (QED) is 0.0468. The van der Waals surface area contributed by atoms with E-state index in [-0.39, 0.29) is 24.1 Å². The minimum absolute atomic E-state index is 0.0263. The second-order valence-electron chi connectivity index (χ2n) is 15.6. The Labute approximate surface area is 313 Å². The van der Waals surface area contributed by atoms with Gasteiger partial charge in [0.2, 0.25) is 0 Å². The minimum Gasteiger partial charge on any atom is -0.462 e. The number of hydrogen-bond donors (Lipinski definition) is 0. The maximum Gasteiger partial charge on any atom is 0.306 e. The molecule has 6 heteroatoms. The highest BCUT2D eigenvalue weighted by Gasteiger charge is 2.15. The van der Waals surface area contributed by atoms with Crippen LogP contribution in [0.5, 0.6) is 0 Å². The Hall–Kier alpha value is -1.14. The van der Waals surface area contributed by atoms with Gasteiger partial charge in [0.1, 0.15) is 12.2 Å². The molecule has 0 aromatic heterocycles. The van der Waals surface area contributed by atoms with Gasteiger partial charge in [-0.2, -0.15) is 0 Å². The molecule has 0 aromatic carbocycles. The van der Waals surface area contributed by atoms with Gasteiger partial charge in [-0.1, -0.05) is 143 Å². The first kappa shape index (κ1) is 48.9. The van der Waals surface area contributed by atoms with Gasteiger partial charge < -0.3 is 19.3 Å². The molecule has 0 amide bonds. The maximum atomic E-state index is 12.4. The third-order valence-electron chi connectivity index (χ3n) is 10.2. The van der Waals surface area contributed by atoms with Crippen LogP contribution >= 0.6 is 0 Å². The van der Waals surface area contributed by atoms with E-state index in [1.807, 2.05) is 0 Å². The van der Waals surface area contributed by atoms with Gasteiger partial charge in [0.05, 0.1) is 0 Å². The van der Waals surface area contributed by atoms with Crippen molar-refractivity contribution in [3.05, 3.63) is 0 Å². The van der Waals surface area contributed by atoms with E-state index in [1.54, 1.807) is 0 Å². The van der Waals surface area contributed by atoms with Crippen LogP contribution in [0.1, 0.15) is 220 Å². The van der Waals surface area contributed by atoms with Gasteiger partial charge in [-0.3, -0.25) is 9.59 Å². The van der Waals surface area contributed by atoms with Gasteiger partial charge in [-0.05, 0) is 91.4 Å². The molecule has 50 heavy (non-hydrogen) atoms. The van der Waals surface area contributed by atoms with E-state index in [0.29, 0.717) is 12.8 Å². The summed E-state index contributed by atoms with van der Waals surface area (Å²) in [7, 11) is 4.35. The molecule has 0 fully saturated rings. The molecular weight excluding hydrogens is 620 g/mol. The molecule has 0 rings (SSSR count). The van der Waals surface area contributed by atoms with Crippen LogP contribution in [0.15, 0.2) is 0 Å². The van der Waals surface area contributed by atoms with Crippen LogP contribution in [0.3, 0.4) is 0 Å². The highest BCUT2D eigenvalue weighted by molar-refractivity contribution is 5.69. The SMILES string of the molecule is CCCCCC(CCCC)OC(=O)CCCCCCCCCN(CCCCCCCCCC(=O)OC(CCCC)CCCCC)CCN(C)C. The highest BCUT2D eigenvalue weighted by Crippen LogP contribution is 2.18. The van der Waals surface area contributed by atoms with Crippen molar-refractivity contribution in [2.24, 2.45) is 0 Å². The topological polar surface area (TPSA) is 59.1 Å². The summed E-state index contributed by atoms with van der Waals surface area (Å²) in [6, 6.07) is 0. The first-order valence-electron chi connectivity index (χ1n) is 22.1. The molecule has 0 aliphatic heterocycles. The number of hydrogen-bond acceptors (Lipinski definition) is 6. The zero-order chi connectivity index (χ0) is 36.9. The molecule has 0 aromatic rings. The summed E-state index contributed by atoms with van der Waals surface area (Å²) in [6.07, 6.45) is 34.5. The second kappa shape index (κ2) is 37.6. The number of esters is 2. The first-order chi connectivity index (χ1) is 24.4. The van der Waals surface area contributed by atoms with Crippen LogP contribution in [-0.2, 0) is 19.1 Å². The first-order valence-corrected chi connectivity index (χ1v) is 22.1. The standard InChI is InChI=1S/C44H88N2O4/c1-7-11-25-33-41(31-13-9-3)49-43(47)35-27-21-17-15-19-23-29-37-46(40-39-45(5)6)38-30-24-20-16-18-22-28-36-44(48)50-42(32-14-10-4)34-26-12-8-2/h41-42H,7-40H2,1-6H3. The van der Waals surface area contributed by atoms with Gasteiger partial charge >= 0.3 is 11.9 Å². The molecule has 0 bridgehead atoms. The molecule has 2 unspecified atom stereocenters. The van der Waals surface area contributed by atoms with Crippen molar-refractivity contribution in [1.29, 1.82) is 0 Å². The molecule has 0 aliphatic rings. The van der Waals surface area contributed by atoms with Crippen molar-refractivity contribution in [3.8, 4) is 0 Å². The van der Waals surface area contributed by atoms with Gasteiger partial charge in [-0.15, -0.1) is 0 Å². The third kappa shape index (κ3) is 34.0. The van der Waals surface area contributed by atoms with E-state index in [9.17, 15) is 9.59 Å². The smallest absolute Gasteiger partial charge is 0.306 e. The maximum absolute atomic E-state index is 12.4. The lowest BCUT2D eigenvalue weighted by atomic mass is 10.0. The lowest BCUT2D eigenvalue weighted by Gasteiger charge is -2.24. The van der Waals surface area contributed by atoms with Gasteiger partial charge in [0.15, 0.2) is 0 Å². The number of carbonyl (C=O) groups excluding carboxylic acids is 2. The second-order valence-corrected chi connectivity index (χ2v) is 15.6. The van der Waals surface area contributed by atoms with Gasteiger partial charge in [0, 0.05) is 25.9 Å². The van der Waals surface area contributed by atoms with Crippen LogP contribution in [0, 0.1) is 0 Å². The Morgan fingerprint density at radius 2 is 0.740 bits per heavy atom. The lowest BCUT2D eigenvalue weighted by molar-refractivity contribution is -0.151. The zero-order valence-electron chi connectivity index (χ0n) is 34.7. The van der Waals surface area contributed by atoms with Crippen molar-refractivity contribution in [3.63, 3.8) is 0 Å². The van der Waals surface area contributed by atoms with E-state index >= 15 is 0 Å². The van der Waals surface area contributed by atoms with Crippen LogP contribution < -0.4 is 0 Å². The summed E-state index contributed by atoms with van der Waals surface area (Å²) in [5.74, 6) is 0.0527. The molecule has 2 atom stereocenters. The Bertz CT molecular complexity index is 677. The molecule has 0 saturated carbocycles. The average Bonchev–Trinajstić information content (AvgIpc) is 3.09. The van der Waals surface area contributed by atoms with Crippen molar-refractivity contribution in [1.82, 2.24) is 9.80 Å². The molecule has 298 valence electrons. The monoisotopic (exact) mass is 709 g/mol. The van der Waals surface area contributed by atoms with Crippen molar-refractivity contribution >= 4 is 11.9 Å². The fourth-order valence-corrected chi connectivity index (χ4v) is 6.78. The largest absolute Gasteiger partial charge is 0.462 e. The fraction of sp³-hybridized carbons (Fsp3) is 0.955. The van der Waals surface area contributed by atoms with E-state index in [4.69, 9.17) is 9.47 Å². The predicted molar refractivity (Wildman–Crippen MR) is 216 cm³/mol. The van der Waals surface area contributed by atoms with E-state index in [1.165, 1.54) is 129 Å². The minimum atomic E-state index is 0.0263. The molecule has 0 spiro atoms. The number of unbranched alkanes of at least 4 members (excludes halogenated alkanes) is 18. The number of nitrogens with zero attached hydrogens (tertiary/aromatic N) is 2. The highest BCUT2D eigenvalue weighted by atomic mass is 16.5. The average molecular weight is 709 g/mol. The summed E-state index contributed by atoms with van der Waals surface area (Å²) in [6.45, 7) is 13.6. The molecular formula is C44H88N2O4. The number of ether oxygens (including phenoxy) is 2. The van der Waals surface area contributed by atoms with Crippen LogP contribution in [0.4, 0.5) is 0 Å². The predicted octanol–water partition coefficient (Wildman–Crippen LogP) is 12.5. The Kier molecular flexibility index (Phi) is 36.8. The van der Waals surface area contributed by atoms with Crippen LogP contribution in [-0.4, -0.2) is 74.2 Å².